The van der Waals surface area contributed by atoms with Gasteiger partial charge in [0.15, 0.2) is 5.96 Å². The SMILES string of the molecule is CCNC(=NCc1ccc(CN2CCCC2)cc1)NCCNC(=O)c1ccccc1O.I. The van der Waals surface area contributed by atoms with Crippen LogP contribution in [0, 0.1) is 0 Å². The molecule has 2 aromatic carbocycles. The van der Waals surface area contributed by atoms with Crippen LogP contribution >= 0.6 is 24.0 Å². The Balaban J connectivity index is 0.00000363. The number of benzene rings is 2. The fraction of sp³-hybridized carbons (Fsp3) is 0.417. The number of halogens is 1. The quantitative estimate of drug-likeness (QED) is 0.167. The number of hydrogen-bond acceptors (Lipinski definition) is 4. The van der Waals surface area contributed by atoms with E-state index in [1.165, 1.54) is 37.6 Å². The van der Waals surface area contributed by atoms with E-state index < -0.39 is 0 Å². The minimum absolute atomic E-state index is 0. The van der Waals surface area contributed by atoms with Crippen molar-refractivity contribution in [3.63, 3.8) is 0 Å². The van der Waals surface area contributed by atoms with E-state index in [2.05, 4.69) is 50.1 Å². The van der Waals surface area contributed by atoms with Crippen LogP contribution in [0.25, 0.3) is 0 Å². The second kappa shape index (κ2) is 13.9. The number of nitrogens with zero attached hydrogens (tertiary/aromatic N) is 2. The van der Waals surface area contributed by atoms with Crippen molar-refractivity contribution >= 4 is 35.8 Å². The van der Waals surface area contributed by atoms with E-state index in [0.29, 0.717) is 25.6 Å². The standard InChI is InChI=1S/C24H33N5O2.HI/c1-2-25-24(27-14-13-26-23(31)21-7-3-4-8-22(21)30)28-17-19-9-11-20(12-10-19)18-29-15-5-6-16-29;/h3-4,7-12,30H,2,5-6,13-18H2,1H3,(H,26,31)(H2,25,27,28);1H. The Morgan fingerprint density at radius 2 is 1.62 bits per heavy atom. The summed E-state index contributed by atoms with van der Waals surface area (Å²) in [7, 11) is 0. The molecule has 1 heterocycles. The summed E-state index contributed by atoms with van der Waals surface area (Å²) in [6, 6.07) is 15.2. The summed E-state index contributed by atoms with van der Waals surface area (Å²) >= 11 is 0. The van der Waals surface area contributed by atoms with Crippen LogP contribution in [0.15, 0.2) is 53.5 Å². The van der Waals surface area contributed by atoms with Crippen LogP contribution in [0.3, 0.4) is 0 Å². The maximum absolute atomic E-state index is 12.1. The minimum Gasteiger partial charge on any atom is -0.507 e. The molecule has 1 aliphatic heterocycles. The van der Waals surface area contributed by atoms with Crippen LogP contribution in [0.1, 0.15) is 41.3 Å². The summed E-state index contributed by atoms with van der Waals surface area (Å²) in [5, 5.41) is 19.0. The molecule has 32 heavy (non-hydrogen) atoms. The van der Waals surface area contributed by atoms with Gasteiger partial charge in [-0.2, -0.15) is 0 Å². The zero-order chi connectivity index (χ0) is 21.9. The molecule has 0 spiro atoms. The summed E-state index contributed by atoms with van der Waals surface area (Å²) in [5.74, 6) is 0.394. The van der Waals surface area contributed by atoms with Crippen molar-refractivity contribution in [2.75, 3.05) is 32.7 Å². The van der Waals surface area contributed by atoms with Gasteiger partial charge in [-0.15, -0.1) is 24.0 Å². The third-order valence-electron chi connectivity index (χ3n) is 5.24. The molecule has 0 radical (unpaired) electrons. The van der Waals surface area contributed by atoms with Gasteiger partial charge in [0.05, 0.1) is 12.1 Å². The van der Waals surface area contributed by atoms with E-state index >= 15 is 0 Å². The molecule has 0 saturated carbocycles. The molecular formula is C24H34IN5O2. The Labute approximate surface area is 207 Å². The van der Waals surface area contributed by atoms with Crippen LogP contribution in [-0.2, 0) is 13.1 Å². The second-order valence-corrected chi connectivity index (χ2v) is 7.69. The van der Waals surface area contributed by atoms with Gasteiger partial charge >= 0.3 is 0 Å². The first-order valence-corrected chi connectivity index (χ1v) is 11.0. The molecular weight excluding hydrogens is 517 g/mol. The number of rotatable bonds is 9. The number of amides is 1. The third-order valence-corrected chi connectivity index (χ3v) is 5.24. The first-order valence-electron chi connectivity index (χ1n) is 11.0. The largest absolute Gasteiger partial charge is 0.507 e. The summed E-state index contributed by atoms with van der Waals surface area (Å²) < 4.78 is 0. The van der Waals surface area contributed by atoms with Crippen molar-refractivity contribution in [2.24, 2.45) is 4.99 Å². The normalized spacial score (nSPS) is 14.0. The average molecular weight is 551 g/mol. The molecule has 2 aromatic rings. The molecule has 1 amide bonds. The Morgan fingerprint density at radius 1 is 0.969 bits per heavy atom. The Kier molecular flexibility index (Phi) is 11.3. The number of carbonyl (C=O) groups is 1. The van der Waals surface area contributed by atoms with E-state index in [4.69, 9.17) is 0 Å². The number of phenols is 1. The van der Waals surface area contributed by atoms with E-state index in [9.17, 15) is 9.90 Å². The fourth-order valence-electron chi connectivity index (χ4n) is 3.58. The van der Waals surface area contributed by atoms with Crippen molar-refractivity contribution in [1.29, 1.82) is 0 Å². The monoisotopic (exact) mass is 551 g/mol. The van der Waals surface area contributed by atoms with E-state index in [1.807, 2.05) is 6.92 Å². The van der Waals surface area contributed by atoms with Crippen molar-refractivity contribution in [3.05, 3.63) is 65.2 Å². The predicted molar refractivity (Wildman–Crippen MR) is 140 cm³/mol. The van der Waals surface area contributed by atoms with Crippen LogP contribution in [-0.4, -0.2) is 54.6 Å². The van der Waals surface area contributed by atoms with Gasteiger partial charge in [-0.3, -0.25) is 9.69 Å². The molecule has 0 bridgehead atoms. The lowest BCUT2D eigenvalue weighted by Gasteiger charge is -2.14. The van der Waals surface area contributed by atoms with E-state index in [0.717, 1.165) is 18.7 Å². The number of hydrogen-bond donors (Lipinski definition) is 4. The molecule has 4 N–H and O–H groups in total. The Morgan fingerprint density at radius 3 is 2.31 bits per heavy atom. The smallest absolute Gasteiger partial charge is 0.255 e. The summed E-state index contributed by atoms with van der Waals surface area (Å²) in [6.45, 7) is 7.75. The highest BCUT2D eigenvalue weighted by atomic mass is 127. The van der Waals surface area contributed by atoms with Gasteiger partial charge in [0, 0.05) is 26.2 Å². The first-order chi connectivity index (χ1) is 15.2. The maximum atomic E-state index is 12.1. The van der Waals surface area contributed by atoms with Crippen molar-refractivity contribution in [1.82, 2.24) is 20.9 Å². The topological polar surface area (TPSA) is 89.0 Å². The second-order valence-electron chi connectivity index (χ2n) is 7.69. The Bertz CT molecular complexity index is 867. The highest BCUT2D eigenvalue weighted by Crippen LogP contribution is 2.15. The van der Waals surface area contributed by atoms with Gasteiger partial charge in [-0.25, -0.2) is 4.99 Å². The van der Waals surface area contributed by atoms with Crippen LogP contribution in [0.4, 0.5) is 0 Å². The lowest BCUT2D eigenvalue weighted by atomic mass is 10.1. The zero-order valence-electron chi connectivity index (χ0n) is 18.6. The van der Waals surface area contributed by atoms with Crippen molar-refractivity contribution < 1.29 is 9.90 Å². The number of para-hydroxylation sites is 1. The van der Waals surface area contributed by atoms with Crippen LogP contribution in [0.5, 0.6) is 5.75 Å². The fourth-order valence-corrected chi connectivity index (χ4v) is 3.58. The molecule has 174 valence electrons. The van der Waals surface area contributed by atoms with Gasteiger partial charge in [-0.1, -0.05) is 36.4 Å². The highest BCUT2D eigenvalue weighted by molar-refractivity contribution is 14.0. The number of phenolic OH excluding ortho intramolecular Hbond substituents is 1. The van der Waals surface area contributed by atoms with E-state index in [-0.39, 0.29) is 41.2 Å². The van der Waals surface area contributed by atoms with E-state index in [1.54, 1.807) is 18.2 Å². The minimum atomic E-state index is -0.296. The van der Waals surface area contributed by atoms with Crippen LogP contribution < -0.4 is 16.0 Å². The highest BCUT2D eigenvalue weighted by Gasteiger charge is 2.11. The average Bonchev–Trinajstić information content (AvgIpc) is 3.29. The molecule has 0 aromatic heterocycles. The molecule has 1 aliphatic rings. The summed E-state index contributed by atoms with van der Waals surface area (Å²) in [5.41, 5.74) is 2.78. The number of nitrogens with one attached hydrogen (secondary N) is 3. The predicted octanol–water partition coefficient (Wildman–Crippen LogP) is 3.09. The number of guanidine groups is 1. The van der Waals surface area contributed by atoms with Gasteiger partial charge in [0.2, 0.25) is 0 Å². The number of aromatic hydroxyl groups is 1. The lowest BCUT2D eigenvalue weighted by molar-refractivity contribution is 0.0951. The first kappa shape index (κ1) is 25.9. The van der Waals surface area contributed by atoms with Gasteiger partial charge in [0.1, 0.15) is 5.75 Å². The number of aliphatic imine (C=N–C) groups is 1. The maximum Gasteiger partial charge on any atom is 0.255 e. The molecule has 7 nitrogen and oxygen atoms in total. The van der Waals surface area contributed by atoms with Crippen molar-refractivity contribution in [3.8, 4) is 5.75 Å². The molecule has 8 heteroatoms. The third kappa shape index (κ3) is 8.31. The summed E-state index contributed by atoms with van der Waals surface area (Å²) in [6.07, 6.45) is 2.62. The molecule has 1 fully saturated rings. The summed E-state index contributed by atoms with van der Waals surface area (Å²) in [4.78, 5) is 19.3. The molecule has 1 saturated heterocycles. The molecule has 3 rings (SSSR count). The molecule has 0 atom stereocenters. The lowest BCUT2D eigenvalue weighted by Crippen LogP contribution is -2.41. The number of likely N-dealkylation sites (tertiary alicyclic amines) is 1. The molecule has 0 unspecified atom stereocenters. The van der Waals surface area contributed by atoms with Gasteiger partial charge in [0.25, 0.3) is 5.91 Å². The van der Waals surface area contributed by atoms with Crippen molar-refractivity contribution in [2.45, 2.75) is 32.9 Å². The Hall–Kier alpha value is -2.33. The van der Waals surface area contributed by atoms with Crippen LogP contribution in [0.2, 0.25) is 0 Å². The molecule has 0 aliphatic carbocycles. The zero-order valence-corrected chi connectivity index (χ0v) is 21.0. The van der Waals surface area contributed by atoms with Gasteiger partial charge < -0.3 is 21.1 Å². The van der Waals surface area contributed by atoms with Gasteiger partial charge in [-0.05, 0) is 56.1 Å². The number of carbonyl (C=O) groups excluding carboxylic acids is 1.